The van der Waals surface area contributed by atoms with Crippen molar-refractivity contribution in [1.29, 1.82) is 0 Å². The maximum absolute atomic E-state index is 5.92. The van der Waals surface area contributed by atoms with E-state index < -0.39 is 0 Å². The van der Waals surface area contributed by atoms with Gasteiger partial charge in [0.05, 0.1) is 23.1 Å². The second-order valence-corrected chi connectivity index (χ2v) is 7.87. The van der Waals surface area contributed by atoms with Gasteiger partial charge in [0, 0.05) is 49.2 Å². The summed E-state index contributed by atoms with van der Waals surface area (Å²) in [6.45, 7) is 8.48. The topological polar surface area (TPSA) is 105 Å². The molecule has 9 heteroatoms. The minimum absolute atomic E-state index is 0.572. The van der Waals surface area contributed by atoms with Crippen molar-refractivity contribution in [1.82, 2.24) is 35.0 Å². The molecule has 4 heterocycles. The van der Waals surface area contributed by atoms with Gasteiger partial charge in [0.25, 0.3) is 0 Å². The number of fused-ring (bicyclic) bond motifs is 1. The first-order chi connectivity index (χ1) is 14.6. The molecule has 1 aliphatic heterocycles. The summed E-state index contributed by atoms with van der Waals surface area (Å²) in [6, 6.07) is 10.6. The van der Waals surface area contributed by atoms with Gasteiger partial charge in [-0.15, -0.1) is 0 Å². The average molecular weight is 403 g/mol. The first-order valence-corrected chi connectivity index (χ1v) is 10.2. The molecule has 4 aromatic rings. The van der Waals surface area contributed by atoms with E-state index in [4.69, 9.17) is 5.84 Å². The van der Waals surface area contributed by atoms with Crippen molar-refractivity contribution in [2.45, 2.75) is 19.9 Å². The van der Waals surface area contributed by atoms with Gasteiger partial charge in [-0.1, -0.05) is 6.07 Å². The molecule has 0 amide bonds. The number of benzene rings is 1. The third-order valence-electron chi connectivity index (χ3n) is 5.79. The van der Waals surface area contributed by atoms with Crippen LogP contribution >= 0.6 is 0 Å². The summed E-state index contributed by atoms with van der Waals surface area (Å²) in [6.07, 6.45) is 3.31. The number of nitrogen functional groups attached to an aromatic ring is 1. The molecule has 5 rings (SSSR count). The number of nitrogens with two attached hydrogens (primary N) is 1. The molecule has 1 aromatic carbocycles. The molecule has 0 radical (unpaired) electrons. The van der Waals surface area contributed by atoms with Gasteiger partial charge in [-0.2, -0.15) is 15.0 Å². The number of rotatable bonds is 4. The third kappa shape index (κ3) is 3.26. The molecule has 3 N–H and O–H groups in total. The molecule has 0 saturated carbocycles. The van der Waals surface area contributed by atoms with E-state index in [2.05, 4.69) is 55.0 Å². The summed E-state index contributed by atoms with van der Waals surface area (Å²) < 4.78 is 0. The van der Waals surface area contributed by atoms with Gasteiger partial charge in [-0.3, -0.25) is 10.00 Å². The molecule has 0 bridgehead atoms. The fraction of sp³-hybridized carbons (Fsp3) is 0.333. The number of nitrogens with zero attached hydrogens (tertiary/aromatic N) is 7. The van der Waals surface area contributed by atoms with Gasteiger partial charge >= 0.3 is 0 Å². The molecule has 1 aliphatic rings. The Morgan fingerprint density at radius 1 is 1.03 bits per heavy atom. The van der Waals surface area contributed by atoms with Crippen LogP contribution in [0.5, 0.6) is 0 Å². The highest BCUT2D eigenvalue weighted by Gasteiger charge is 2.21. The Labute approximate surface area is 174 Å². The van der Waals surface area contributed by atoms with Crippen LogP contribution in [0.25, 0.3) is 33.5 Å². The summed E-state index contributed by atoms with van der Waals surface area (Å²) in [4.78, 5) is 15.2. The molecular weight excluding hydrogens is 378 g/mol. The molecule has 0 aliphatic carbocycles. The lowest BCUT2D eigenvalue weighted by atomic mass is 10.1. The maximum atomic E-state index is 5.92. The fourth-order valence-corrected chi connectivity index (χ4v) is 4.03. The first-order valence-electron chi connectivity index (χ1n) is 10.2. The van der Waals surface area contributed by atoms with Gasteiger partial charge in [0.15, 0.2) is 0 Å². The summed E-state index contributed by atoms with van der Waals surface area (Å²) in [7, 11) is 0. The quantitative estimate of drug-likeness (QED) is 0.503. The zero-order valence-corrected chi connectivity index (χ0v) is 17.2. The standard InChI is InChI=1S/C21H25N9/c1-14(2)28-7-9-29(10-8-28)20-12-18(23-13-24-20)21-16-11-15(3-4-17(16)26-27-21)19-5-6-25-30(19)22/h3-6,11-14H,7-10,22H2,1-2H3,(H,26,27). The Balaban J connectivity index is 1.47. The Hall–Kier alpha value is -3.46. The van der Waals surface area contributed by atoms with Crippen molar-refractivity contribution in [2.75, 3.05) is 36.9 Å². The van der Waals surface area contributed by atoms with E-state index in [1.807, 2.05) is 24.3 Å². The summed E-state index contributed by atoms with van der Waals surface area (Å²) in [5.74, 6) is 6.86. The van der Waals surface area contributed by atoms with Gasteiger partial charge in [0.1, 0.15) is 17.8 Å². The lowest BCUT2D eigenvalue weighted by molar-refractivity contribution is 0.209. The summed E-state index contributed by atoms with van der Waals surface area (Å²) >= 11 is 0. The number of H-pyrrole nitrogens is 1. The van der Waals surface area contributed by atoms with Crippen LogP contribution in [-0.2, 0) is 0 Å². The predicted molar refractivity (Wildman–Crippen MR) is 117 cm³/mol. The largest absolute Gasteiger partial charge is 0.354 e. The Morgan fingerprint density at radius 2 is 1.87 bits per heavy atom. The smallest absolute Gasteiger partial charge is 0.132 e. The lowest BCUT2D eigenvalue weighted by Gasteiger charge is -2.37. The van der Waals surface area contributed by atoms with E-state index in [-0.39, 0.29) is 0 Å². The van der Waals surface area contributed by atoms with Crippen LogP contribution in [0, 0.1) is 0 Å². The number of nitrogens with one attached hydrogen (secondary N) is 1. The molecular formula is C21H25N9. The van der Waals surface area contributed by atoms with Gasteiger partial charge in [0.2, 0.25) is 0 Å². The number of piperazine rings is 1. The second-order valence-electron chi connectivity index (χ2n) is 7.87. The van der Waals surface area contributed by atoms with Crippen molar-refractivity contribution >= 4 is 16.7 Å². The van der Waals surface area contributed by atoms with Crippen LogP contribution in [0.3, 0.4) is 0 Å². The molecule has 0 spiro atoms. The van der Waals surface area contributed by atoms with Crippen LogP contribution in [0.1, 0.15) is 13.8 Å². The normalized spacial score (nSPS) is 15.4. The Kier molecular flexibility index (Phi) is 4.59. The number of hydrogen-bond acceptors (Lipinski definition) is 7. The molecule has 3 aromatic heterocycles. The number of aromatic amines is 1. The van der Waals surface area contributed by atoms with E-state index in [1.54, 1.807) is 12.5 Å². The number of aromatic nitrogens is 6. The molecule has 9 nitrogen and oxygen atoms in total. The minimum Gasteiger partial charge on any atom is -0.354 e. The highest BCUT2D eigenvalue weighted by atomic mass is 15.5. The number of hydrogen-bond donors (Lipinski definition) is 2. The fourth-order valence-electron chi connectivity index (χ4n) is 4.03. The van der Waals surface area contributed by atoms with Crippen LogP contribution in [0.4, 0.5) is 5.82 Å². The zero-order valence-electron chi connectivity index (χ0n) is 17.2. The van der Waals surface area contributed by atoms with Crippen molar-refractivity contribution < 1.29 is 0 Å². The SMILES string of the molecule is CC(C)N1CCN(c2cc(-c3n[nH]c4ccc(-c5ccnn5N)cc34)ncn2)CC1. The molecule has 1 fully saturated rings. The predicted octanol–water partition coefficient (Wildman–Crippen LogP) is 2.13. The van der Waals surface area contributed by atoms with Gasteiger partial charge < -0.3 is 10.7 Å². The number of anilines is 1. The van der Waals surface area contributed by atoms with Crippen LogP contribution in [0.2, 0.25) is 0 Å². The molecule has 0 atom stereocenters. The van der Waals surface area contributed by atoms with E-state index in [0.717, 1.165) is 65.5 Å². The molecule has 154 valence electrons. The van der Waals surface area contributed by atoms with Gasteiger partial charge in [-0.25, -0.2) is 9.97 Å². The Morgan fingerprint density at radius 3 is 2.60 bits per heavy atom. The lowest BCUT2D eigenvalue weighted by Crippen LogP contribution is -2.49. The molecule has 0 unspecified atom stereocenters. The van der Waals surface area contributed by atoms with Crippen molar-refractivity contribution in [2.24, 2.45) is 0 Å². The average Bonchev–Trinajstić information content (AvgIpc) is 3.39. The highest BCUT2D eigenvalue weighted by molar-refractivity contribution is 5.94. The minimum atomic E-state index is 0.572. The van der Waals surface area contributed by atoms with E-state index in [9.17, 15) is 0 Å². The van der Waals surface area contributed by atoms with Crippen LogP contribution in [-0.4, -0.2) is 67.2 Å². The maximum Gasteiger partial charge on any atom is 0.132 e. The third-order valence-corrected chi connectivity index (χ3v) is 5.79. The highest BCUT2D eigenvalue weighted by Crippen LogP contribution is 2.30. The summed E-state index contributed by atoms with van der Waals surface area (Å²) in [5.41, 5.74) is 4.37. The molecule has 30 heavy (non-hydrogen) atoms. The molecule has 1 saturated heterocycles. The Bertz CT molecular complexity index is 1170. The van der Waals surface area contributed by atoms with Crippen molar-refractivity contribution in [3.05, 3.63) is 42.9 Å². The zero-order chi connectivity index (χ0) is 20.7. The van der Waals surface area contributed by atoms with E-state index in [0.29, 0.717) is 6.04 Å². The van der Waals surface area contributed by atoms with Crippen LogP contribution < -0.4 is 10.7 Å². The second kappa shape index (κ2) is 7.42. The van der Waals surface area contributed by atoms with Gasteiger partial charge in [-0.05, 0) is 32.0 Å². The van der Waals surface area contributed by atoms with Crippen molar-refractivity contribution in [3.8, 4) is 22.6 Å². The van der Waals surface area contributed by atoms with E-state index >= 15 is 0 Å². The summed E-state index contributed by atoms with van der Waals surface area (Å²) in [5, 5.41) is 12.7. The van der Waals surface area contributed by atoms with Crippen molar-refractivity contribution in [3.63, 3.8) is 0 Å². The monoisotopic (exact) mass is 403 g/mol. The first kappa shape index (κ1) is 18.6. The van der Waals surface area contributed by atoms with Crippen LogP contribution in [0.15, 0.2) is 42.9 Å². The van der Waals surface area contributed by atoms with E-state index in [1.165, 1.54) is 4.79 Å².